The molecule has 0 amide bonds. The second-order valence-corrected chi connectivity index (χ2v) is 4.03. The van der Waals surface area contributed by atoms with E-state index in [1.165, 1.54) is 0 Å². The molecular weight excluding hydrogens is 226 g/mol. The number of anilines is 1. The standard InChI is InChI=1S/C13H13N5/c1-2-18-13-11(12(14)17-18)7-10(8-16-13)9-3-5-15-6-4-9/h3-8H,2H2,1H3,(H2,14,17). The fourth-order valence-electron chi connectivity index (χ4n) is 2.01. The zero-order valence-electron chi connectivity index (χ0n) is 10.0. The first-order chi connectivity index (χ1) is 8.79. The Morgan fingerprint density at radius 1 is 1.22 bits per heavy atom. The summed E-state index contributed by atoms with van der Waals surface area (Å²) in [5, 5.41) is 5.16. The minimum absolute atomic E-state index is 0.523. The largest absolute Gasteiger partial charge is 0.382 e. The Balaban J connectivity index is 2.20. The Morgan fingerprint density at radius 2 is 2.00 bits per heavy atom. The molecule has 0 aromatic carbocycles. The zero-order valence-corrected chi connectivity index (χ0v) is 10.0. The molecule has 2 N–H and O–H groups in total. The van der Waals surface area contributed by atoms with Gasteiger partial charge < -0.3 is 5.73 Å². The first kappa shape index (κ1) is 10.7. The summed E-state index contributed by atoms with van der Waals surface area (Å²) < 4.78 is 1.81. The van der Waals surface area contributed by atoms with Gasteiger partial charge >= 0.3 is 0 Å². The van der Waals surface area contributed by atoms with Crippen molar-refractivity contribution >= 4 is 16.9 Å². The molecule has 5 nitrogen and oxygen atoms in total. The number of hydrogen-bond acceptors (Lipinski definition) is 4. The summed E-state index contributed by atoms with van der Waals surface area (Å²) in [6.07, 6.45) is 5.36. The van der Waals surface area contributed by atoms with Crippen LogP contribution in [0.4, 0.5) is 5.82 Å². The number of nitrogens with zero attached hydrogens (tertiary/aromatic N) is 4. The van der Waals surface area contributed by atoms with Gasteiger partial charge in [0.15, 0.2) is 11.5 Å². The van der Waals surface area contributed by atoms with E-state index < -0.39 is 0 Å². The normalized spacial score (nSPS) is 10.9. The monoisotopic (exact) mass is 239 g/mol. The van der Waals surface area contributed by atoms with E-state index in [-0.39, 0.29) is 0 Å². The Morgan fingerprint density at radius 3 is 2.72 bits per heavy atom. The molecular formula is C13H13N5. The van der Waals surface area contributed by atoms with Crippen molar-refractivity contribution < 1.29 is 0 Å². The highest BCUT2D eigenvalue weighted by Gasteiger charge is 2.09. The molecule has 3 heterocycles. The molecule has 0 spiro atoms. The minimum atomic E-state index is 0.523. The number of nitrogens with two attached hydrogens (primary N) is 1. The number of nitrogen functional groups attached to an aromatic ring is 1. The van der Waals surface area contributed by atoms with Gasteiger partial charge in [-0.2, -0.15) is 5.10 Å². The fourth-order valence-corrected chi connectivity index (χ4v) is 2.01. The van der Waals surface area contributed by atoms with Gasteiger partial charge in [-0.1, -0.05) is 0 Å². The number of fused-ring (bicyclic) bond motifs is 1. The Labute approximate surface area is 104 Å². The van der Waals surface area contributed by atoms with Crippen LogP contribution in [0.2, 0.25) is 0 Å². The summed E-state index contributed by atoms with van der Waals surface area (Å²) in [4.78, 5) is 8.46. The molecule has 0 aliphatic rings. The molecule has 0 saturated carbocycles. The van der Waals surface area contributed by atoms with Gasteiger partial charge in [-0.05, 0) is 30.7 Å². The van der Waals surface area contributed by atoms with E-state index in [1.807, 2.05) is 31.3 Å². The number of pyridine rings is 2. The van der Waals surface area contributed by atoms with E-state index in [4.69, 9.17) is 5.73 Å². The maximum atomic E-state index is 5.92. The SMILES string of the molecule is CCn1nc(N)c2cc(-c3ccncc3)cnc21. The topological polar surface area (TPSA) is 69.6 Å². The molecule has 90 valence electrons. The van der Waals surface area contributed by atoms with Crippen molar-refractivity contribution in [1.29, 1.82) is 0 Å². The van der Waals surface area contributed by atoms with Crippen LogP contribution < -0.4 is 5.73 Å². The van der Waals surface area contributed by atoms with Crippen molar-refractivity contribution in [2.75, 3.05) is 5.73 Å². The summed E-state index contributed by atoms with van der Waals surface area (Å²) in [6, 6.07) is 5.92. The molecule has 0 aliphatic heterocycles. The van der Waals surface area contributed by atoms with Crippen molar-refractivity contribution in [2.24, 2.45) is 0 Å². The van der Waals surface area contributed by atoms with Crippen molar-refractivity contribution in [3.8, 4) is 11.1 Å². The van der Waals surface area contributed by atoms with Crippen molar-refractivity contribution in [1.82, 2.24) is 19.7 Å². The predicted molar refractivity (Wildman–Crippen MR) is 70.8 cm³/mol. The Bertz CT molecular complexity index is 687. The lowest BCUT2D eigenvalue weighted by molar-refractivity contribution is 0.680. The maximum absolute atomic E-state index is 5.92. The summed E-state index contributed by atoms with van der Waals surface area (Å²) >= 11 is 0. The molecule has 0 radical (unpaired) electrons. The second kappa shape index (κ2) is 4.10. The van der Waals surface area contributed by atoms with Gasteiger partial charge in [0.25, 0.3) is 0 Å². The molecule has 3 aromatic heterocycles. The van der Waals surface area contributed by atoms with E-state index in [1.54, 1.807) is 17.1 Å². The van der Waals surface area contributed by atoms with Crippen molar-refractivity contribution in [2.45, 2.75) is 13.5 Å². The molecule has 0 saturated heterocycles. The predicted octanol–water partition coefficient (Wildman–Crippen LogP) is 2.10. The third-order valence-corrected chi connectivity index (χ3v) is 2.93. The molecule has 5 heteroatoms. The van der Waals surface area contributed by atoms with Crippen LogP contribution in [0.1, 0.15) is 6.92 Å². The van der Waals surface area contributed by atoms with Gasteiger partial charge in [0.2, 0.25) is 0 Å². The first-order valence-electron chi connectivity index (χ1n) is 5.82. The van der Waals surface area contributed by atoms with E-state index in [0.717, 1.165) is 28.7 Å². The first-order valence-corrected chi connectivity index (χ1v) is 5.82. The maximum Gasteiger partial charge on any atom is 0.159 e. The van der Waals surface area contributed by atoms with E-state index in [0.29, 0.717) is 5.82 Å². The minimum Gasteiger partial charge on any atom is -0.382 e. The van der Waals surface area contributed by atoms with Gasteiger partial charge in [-0.3, -0.25) is 4.98 Å². The zero-order chi connectivity index (χ0) is 12.5. The fraction of sp³-hybridized carbons (Fsp3) is 0.154. The molecule has 18 heavy (non-hydrogen) atoms. The van der Waals surface area contributed by atoms with Crippen LogP contribution >= 0.6 is 0 Å². The molecule has 0 aliphatic carbocycles. The van der Waals surface area contributed by atoms with Gasteiger partial charge in [0.05, 0.1) is 5.39 Å². The van der Waals surface area contributed by atoms with Crippen molar-refractivity contribution in [3.05, 3.63) is 36.8 Å². The number of aryl methyl sites for hydroxylation is 1. The molecule has 0 fully saturated rings. The number of aromatic nitrogens is 4. The quantitative estimate of drug-likeness (QED) is 0.743. The van der Waals surface area contributed by atoms with Crippen LogP contribution in [0.15, 0.2) is 36.8 Å². The van der Waals surface area contributed by atoms with Gasteiger partial charge in [-0.25, -0.2) is 9.67 Å². The van der Waals surface area contributed by atoms with E-state index in [9.17, 15) is 0 Å². The molecule has 3 aromatic rings. The lowest BCUT2D eigenvalue weighted by Gasteiger charge is -2.01. The molecule has 0 bridgehead atoms. The molecule has 3 rings (SSSR count). The average molecular weight is 239 g/mol. The lowest BCUT2D eigenvalue weighted by Crippen LogP contribution is -1.98. The third-order valence-electron chi connectivity index (χ3n) is 2.93. The highest BCUT2D eigenvalue weighted by atomic mass is 15.3. The van der Waals surface area contributed by atoms with Crippen molar-refractivity contribution in [3.63, 3.8) is 0 Å². The number of rotatable bonds is 2. The van der Waals surface area contributed by atoms with Crippen LogP contribution in [0.25, 0.3) is 22.2 Å². The summed E-state index contributed by atoms with van der Waals surface area (Å²) in [7, 11) is 0. The highest BCUT2D eigenvalue weighted by molar-refractivity contribution is 5.89. The summed E-state index contributed by atoms with van der Waals surface area (Å²) in [5.74, 6) is 0.523. The lowest BCUT2D eigenvalue weighted by atomic mass is 10.1. The Hall–Kier alpha value is -2.43. The van der Waals surface area contributed by atoms with Gasteiger partial charge in [-0.15, -0.1) is 0 Å². The second-order valence-electron chi connectivity index (χ2n) is 4.03. The van der Waals surface area contributed by atoms with Crippen LogP contribution in [0.5, 0.6) is 0 Å². The summed E-state index contributed by atoms with van der Waals surface area (Å²) in [5.41, 5.74) is 8.83. The molecule has 0 unspecified atom stereocenters. The van der Waals surface area contributed by atoms with Gasteiger partial charge in [0.1, 0.15) is 0 Å². The average Bonchev–Trinajstić information content (AvgIpc) is 2.76. The third kappa shape index (κ3) is 1.60. The highest BCUT2D eigenvalue weighted by Crippen LogP contribution is 2.25. The van der Waals surface area contributed by atoms with Crippen LogP contribution in [0, 0.1) is 0 Å². The molecule has 0 atom stereocenters. The van der Waals surface area contributed by atoms with Crippen LogP contribution in [-0.4, -0.2) is 19.7 Å². The number of hydrogen-bond donors (Lipinski definition) is 1. The Kier molecular flexibility index (Phi) is 2.44. The van der Waals surface area contributed by atoms with Crippen LogP contribution in [0.3, 0.4) is 0 Å². The summed E-state index contributed by atoms with van der Waals surface area (Å²) in [6.45, 7) is 2.78. The van der Waals surface area contributed by atoms with Crippen LogP contribution in [-0.2, 0) is 6.54 Å². The van der Waals surface area contributed by atoms with Gasteiger partial charge in [0, 0.05) is 30.7 Å². The van der Waals surface area contributed by atoms with E-state index in [2.05, 4.69) is 15.1 Å². The smallest absolute Gasteiger partial charge is 0.159 e. The van der Waals surface area contributed by atoms with E-state index >= 15 is 0 Å².